The number of aromatic amines is 1. The molecule has 1 aliphatic heterocycles. The average molecular weight is 402 g/mol. The van der Waals surface area contributed by atoms with Crippen LogP contribution in [0.4, 0.5) is 11.4 Å². The van der Waals surface area contributed by atoms with Crippen molar-refractivity contribution in [3.05, 3.63) is 76.7 Å². The van der Waals surface area contributed by atoms with Crippen LogP contribution in [0.1, 0.15) is 5.56 Å². The van der Waals surface area contributed by atoms with Crippen LogP contribution < -0.4 is 15.8 Å². The van der Waals surface area contributed by atoms with Crippen LogP contribution in [0.5, 0.6) is 0 Å². The summed E-state index contributed by atoms with van der Waals surface area (Å²) in [6.45, 7) is 1.91. The van der Waals surface area contributed by atoms with Crippen molar-refractivity contribution in [3.8, 4) is 0 Å². The van der Waals surface area contributed by atoms with E-state index in [0.29, 0.717) is 18.7 Å². The molecule has 0 atom stereocenters. The quantitative estimate of drug-likeness (QED) is 0.570. The third-order valence-corrected chi connectivity index (χ3v) is 5.12. The monoisotopic (exact) mass is 402 g/mol. The summed E-state index contributed by atoms with van der Waals surface area (Å²) < 4.78 is 0. The van der Waals surface area contributed by atoms with Gasteiger partial charge in [0, 0.05) is 36.2 Å². The number of amides is 1. The first-order chi connectivity index (χ1) is 14.5. The molecule has 152 valence electrons. The van der Waals surface area contributed by atoms with Crippen LogP contribution in [-0.4, -0.2) is 42.5 Å². The van der Waals surface area contributed by atoms with Crippen molar-refractivity contribution in [3.63, 3.8) is 0 Å². The van der Waals surface area contributed by atoms with Gasteiger partial charge in [-0.1, -0.05) is 18.2 Å². The standard InChI is InChI=1S/C22H22N6O2/c1-27-10-11-28(21(29)14-27)17-8-6-16(7-9-17)24-13-20(26-23)18-12-15-4-2-3-5-19(15)25-22(18)30/h2-9,12-13,23-24H,10-11,14H2,1H3,(H,25,30)/b20-13-,26-23?. The minimum absolute atomic E-state index is 0.0789. The SMILES string of the molecule is CN1CCN(c2ccc(N/C=C(\N=N)c3cc4ccccc4[nH]c3=O)cc2)C(=O)C1. The van der Waals surface area contributed by atoms with E-state index < -0.39 is 0 Å². The van der Waals surface area contributed by atoms with E-state index in [-0.39, 0.29) is 17.2 Å². The van der Waals surface area contributed by atoms with Gasteiger partial charge in [0.15, 0.2) is 0 Å². The molecule has 0 radical (unpaired) electrons. The predicted molar refractivity (Wildman–Crippen MR) is 118 cm³/mol. The molecule has 30 heavy (non-hydrogen) atoms. The van der Waals surface area contributed by atoms with Crippen molar-refractivity contribution in [2.45, 2.75) is 0 Å². The number of rotatable bonds is 5. The highest BCUT2D eigenvalue weighted by Crippen LogP contribution is 2.21. The number of aromatic nitrogens is 1. The van der Waals surface area contributed by atoms with Gasteiger partial charge in [0.2, 0.25) is 5.91 Å². The van der Waals surface area contributed by atoms with Crippen LogP contribution >= 0.6 is 0 Å². The molecule has 3 N–H and O–H groups in total. The molecular weight excluding hydrogens is 380 g/mol. The number of H-pyrrole nitrogens is 1. The zero-order chi connectivity index (χ0) is 21.1. The van der Waals surface area contributed by atoms with Crippen molar-refractivity contribution in [2.24, 2.45) is 5.11 Å². The van der Waals surface area contributed by atoms with E-state index in [0.717, 1.165) is 28.8 Å². The van der Waals surface area contributed by atoms with Gasteiger partial charge in [0.1, 0.15) is 5.70 Å². The number of pyridine rings is 1. The first-order valence-corrected chi connectivity index (χ1v) is 9.61. The molecule has 0 saturated carbocycles. The molecule has 1 amide bonds. The number of carbonyl (C=O) groups excluding carboxylic acids is 1. The average Bonchev–Trinajstić information content (AvgIpc) is 2.75. The van der Waals surface area contributed by atoms with E-state index in [9.17, 15) is 9.59 Å². The molecular formula is C22H22N6O2. The summed E-state index contributed by atoms with van der Waals surface area (Å²) in [5.41, 5.74) is 10.1. The lowest BCUT2D eigenvalue weighted by Gasteiger charge is -2.32. The maximum absolute atomic E-state index is 12.4. The maximum atomic E-state index is 12.4. The summed E-state index contributed by atoms with van der Waals surface area (Å²) in [5.74, 6) is 0.0789. The number of piperazine rings is 1. The van der Waals surface area contributed by atoms with Crippen molar-refractivity contribution in [2.75, 3.05) is 36.9 Å². The van der Waals surface area contributed by atoms with Gasteiger partial charge in [0.25, 0.3) is 5.56 Å². The highest BCUT2D eigenvalue weighted by Gasteiger charge is 2.22. The molecule has 2 heterocycles. The van der Waals surface area contributed by atoms with Gasteiger partial charge in [-0.25, -0.2) is 5.53 Å². The van der Waals surface area contributed by atoms with Crippen molar-refractivity contribution < 1.29 is 4.79 Å². The predicted octanol–water partition coefficient (Wildman–Crippen LogP) is 3.25. The number of likely N-dealkylation sites (N-methyl/N-ethyl adjacent to an activating group) is 1. The fourth-order valence-electron chi connectivity index (χ4n) is 3.46. The molecule has 1 saturated heterocycles. The molecule has 4 rings (SSSR count). The highest BCUT2D eigenvalue weighted by atomic mass is 16.2. The fourth-order valence-corrected chi connectivity index (χ4v) is 3.46. The summed E-state index contributed by atoms with van der Waals surface area (Å²) in [6.07, 6.45) is 1.53. The van der Waals surface area contributed by atoms with Crippen molar-refractivity contribution >= 4 is 33.9 Å². The minimum Gasteiger partial charge on any atom is -0.360 e. The third kappa shape index (κ3) is 3.99. The fraction of sp³-hybridized carbons (Fsp3) is 0.182. The molecule has 3 aromatic rings. The van der Waals surface area contributed by atoms with E-state index in [1.807, 2.05) is 60.5 Å². The van der Waals surface area contributed by atoms with Gasteiger partial charge < -0.3 is 15.2 Å². The number of nitrogens with zero attached hydrogens (tertiary/aromatic N) is 3. The van der Waals surface area contributed by atoms with E-state index in [4.69, 9.17) is 5.53 Å². The summed E-state index contributed by atoms with van der Waals surface area (Å²) >= 11 is 0. The molecule has 0 spiro atoms. The van der Waals surface area contributed by atoms with Crippen LogP contribution in [0.15, 0.2) is 70.7 Å². The molecule has 8 nitrogen and oxygen atoms in total. The number of hydrogen-bond acceptors (Lipinski definition) is 6. The lowest BCUT2D eigenvalue weighted by molar-refractivity contribution is -0.120. The van der Waals surface area contributed by atoms with Crippen LogP contribution in [-0.2, 0) is 4.79 Å². The second-order valence-electron chi connectivity index (χ2n) is 7.22. The highest BCUT2D eigenvalue weighted by molar-refractivity contribution is 5.95. The van der Waals surface area contributed by atoms with Crippen molar-refractivity contribution in [1.82, 2.24) is 9.88 Å². The number of para-hydroxylation sites is 1. The second-order valence-corrected chi connectivity index (χ2v) is 7.22. The molecule has 1 aromatic heterocycles. The Balaban J connectivity index is 1.54. The number of anilines is 2. The summed E-state index contributed by atoms with van der Waals surface area (Å²) in [4.78, 5) is 31.2. The Morgan fingerprint density at radius 1 is 1.13 bits per heavy atom. The molecule has 0 unspecified atom stereocenters. The molecule has 0 bridgehead atoms. The number of hydrogen-bond donors (Lipinski definition) is 3. The molecule has 1 aliphatic rings. The number of carbonyl (C=O) groups is 1. The zero-order valence-electron chi connectivity index (χ0n) is 16.6. The molecule has 1 fully saturated rings. The zero-order valence-corrected chi connectivity index (χ0v) is 16.6. The van der Waals surface area contributed by atoms with Gasteiger partial charge in [-0.2, -0.15) is 5.11 Å². The van der Waals surface area contributed by atoms with Crippen molar-refractivity contribution in [1.29, 1.82) is 5.53 Å². The summed E-state index contributed by atoms with van der Waals surface area (Å²) in [7, 11) is 1.93. The van der Waals surface area contributed by atoms with E-state index >= 15 is 0 Å². The topological polar surface area (TPSA) is 105 Å². The molecule has 8 heteroatoms. The van der Waals surface area contributed by atoms with Gasteiger partial charge in [0.05, 0.1) is 12.1 Å². The maximum Gasteiger partial charge on any atom is 0.258 e. The Kier molecular flexibility index (Phi) is 5.40. The number of fused-ring (bicyclic) bond motifs is 1. The Morgan fingerprint density at radius 2 is 1.90 bits per heavy atom. The Morgan fingerprint density at radius 3 is 2.63 bits per heavy atom. The Hall–Kier alpha value is -3.78. The first kappa shape index (κ1) is 19.5. The Bertz CT molecular complexity index is 1180. The smallest absolute Gasteiger partial charge is 0.258 e. The normalized spacial score (nSPS) is 15.4. The second kappa shape index (κ2) is 8.30. The molecule has 0 aliphatic carbocycles. The first-order valence-electron chi connectivity index (χ1n) is 9.61. The lowest BCUT2D eigenvalue weighted by Crippen LogP contribution is -2.48. The van der Waals surface area contributed by atoms with Crippen LogP contribution in [0.2, 0.25) is 0 Å². The van der Waals surface area contributed by atoms with Crippen LogP contribution in [0, 0.1) is 5.53 Å². The van der Waals surface area contributed by atoms with Gasteiger partial charge in [-0.15, -0.1) is 0 Å². The van der Waals surface area contributed by atoms with Gasteiger partial charge in [-0.3, -0.25) is 14.5 Å². The van der Waals surface area contributed by atoms with Crippen LogP contribution in [0.3, 0.4) is 0 Å². The lowest BCUT2D eigenvalue weighted by atomic mass is 10.1. The number of benzene rings is 2. The molecule has 2 aromatic carbocycles. The number of nitrogens with one attached hydrogen (secondary N) is 3. The minimum atomic E-state index is -0.304. The largest absolute Gasteiger partial charge is 0.360 e. The van der Waals surface area contributed by atoms with E-state index in [1.165, 1.54) is 6.20 Å². The van der Waals surface area contributed by atoms with Gasteiger partial charge in [-0.05, 0) is 48.8 Å². The van der Waals surface area contributed by atoms with Crippen LogP contribution in [0.25, 0.3) is 16.6 Å². The third-order valence-electron chi connectivity index (χ3n) is 5.12. The van der Waals surface area contributed by atoms with Gasteiger partial charge >= 0.3 is 0 Å². The summed E-state index contributed by atoms with van der Waals surface area (Å²) in [6, 6.07) is 16.6. The van der Waals surface area contributed by atoms with E-state index in [1.54, 1.807) is 11.0 Å². The Labute approximate surface area is 173 Å². The van der Waals surface area contributed by atoms with E-state index in [2.05, 4.69) is 15.4 Å². The summed E-state index contributed by atoms with van der Waals surface area (Å²) in [5, 5.41) is 7.46.